The van der Waals surface area contributed by atoms with Crippen LogP contribution in [0.1, 0.15) is 13.8 Å². The van der Waals surface area contributed by atoms with E-state index < -0.39 is 14.8 Å². The zero-order chi connectivity index (χ0) is 12.8. The van der Waals surface area contributed by atoms with Crippen molar-refractivity contribution in [2.75, 3.05) is 12.3 Å². The first-order valence-corrected chi connectivity index (χ1v) is 6.55. The minimum atomic E-state index is -3.50. The maximum Gasteiger partial charge on any atom is 0.258 e. The monoisotopic (exact) mass is 258 g/mol. The van der Waals surface area contributed by atoms with Gasteiger partial charge in [0, 0.05) is 6.20 Å². The van der Waals surface area contributed by atoms with Gasteiger partial charge in [-0.25, -0.2) is 12.7 Å². The molecule has 1 saturated heterocycles. The van der Waals surface area contributed by atoms with Crippen molar-refractivity contribution in [2.45, 2.75) is 25.1 Å². The Labute approximate surface area is 99.2 Å². The number of nitrogens with zero attached hydrogens (tertiary/aromatic N) is 3. The predicted octanol–water partition coefficient (Wildman–Crippen LogP) is -0.584. The van der Waals surface area contributed by atoms with E-state index in [1.807, 2.05) is 0 Å². The van der Waals surface area contributed by atoms with E-state index in [1.54, 1.807) is 6.20 Å². The molecule has 1 amide bonds. The topological polar surface area (TPSA) is 98.3 Å². The minimum absolute atomic E-state index is 0.0890. The Bertz CT molecular complexity index is 561. The molecule has 0 spiro atoms. The number of rotatable bonds is 3. The van der Waals surface area contributed by atoms with Gasteiger partial charge < -0.3 is 5.73 Å². The van der Waals surface area contributed by atoms with Gasteiger partial charge in [-0.1, -0.05) is 0 Å². The van der Waals surface area contributed by atoms with Crippen LogP contribution in [0, 0.1) is 0 Å². The van der Waals surface area contributed by atoms with Gasteiger partial charge in [-0.15, -0.1) is 0 Å². The lowest BCUT2D eigenvalue weighted by atomic mass is 10.2. The summed E-state index contributed by atoms with van der Waals surface area (Å²) in [5.41, 5.74) is 5.98. The van der Waals surface area contributed by atoms with Gasteiger partial charge in [-0.05, 0) is 13.8 Å². The van der Waals surface area contributed by atoms with Crippen molar-refractivity contribution in [3.05, 3.63) is 12.4 Å². The average Bonchev–Trinajstić information content (AvgIpc) is 2.63. The van der Waals surface area contributed by atoms with Crippen LogP contribution in [0.15, 0.2) is 12.4 Å². The molecule has 7 nitrogen and oxygen atoms in total. The summed E-state index contributed by atoms with van der Waals surface area (Å²) in [4.78, 5) is 11.6. The number of anilines is 1. The Hall–Kier alpha value is -1.57. The number of aromatic nitrogens is 2. The van der Waals surface area contributed by atoms with E-state index >= 15 is 0 Å². The summed E-state index contributed by atoms with van der Waals surface area (Å²) in [7, 11) is -3.50. The number of hydrogen-bond acceptors (Lipinski definition) is 5. The van der Waals surface area contributed by atoms with Crippen LogP contribution in [0.2, 0.25) is 0 Å². The van der Waals surface area contributed by atoms with Crippen LogP contribution in [0.5, 0.6) is 0 Å². The molecule has 2 heterocycles. The number of sulfonamides is 1. The van der Waals surface area contributed by atoms with Gasteiger partial charge in [0.05, 0.1) is 25.0 Å². The lowest BCUT2D eigenvalue weighted by molar-refractivity contribution is -0.132. The highest BCUT2D eigenvalue weighted by Crippen LogP contribution is 2.34. The molecular formula is C9H14N4O3S. The largest absolute Gasteiger partial charge is 0.396 e. The van der Waals surface area contributed by atoms with E-state index in [-0.39, 0.29) is 12.5 Å². The van der Waals surface area contributed by atoms with Crippen molar-refractivity contribution in [1.82, 2.24) is 14.1 Å². The number of amides is 1. The molecule has 8 heteroatoms. The summed E-state index contributed by atoms with van der Waals surface area (Å²) in [5, 5.41) is 3.91. The van der Waals surface area contributed by atoms with Gasteiger partial charge in [0.25, 0.3) is 15.9 Å². The molecular weight excluding hydrogens is 244 g/mol. The summed E-state index contributed by atoms with van der Waals surface area (Å²) in [6.07, 6.45) is 3.05. The van der Waals surface area contributed by atoms with Crippen molar-refractivity contribution in [1.29, 1.82) is 0 Å². The summed E-state index contributed by atoms with van der Waals surface area (Å²) in [6.45, 7) is 3.21. The first-order valence-electron chi connectivity index (χ1n) is 5.11. The van der Waals surface area contributed by atoms with E-state index in [0.717, 1.165) is 4.31 Å². The number of carbonyl (C=O) groups excluding carboxylic acids is 1. The highest BCUT2D eigenvalue weighted by Gasteiger charge is 2.59. The van der Waals surface area contributed by atoms with Gasteiger partial charge in [0.2, 0.25) is 0 Å². The van der Waals surface area contributed by atoms with Gasteiger partial charge in [-0.2, -0.15) is 5.10 Å². The Morgan fingerprint density at radius 3 is 2.53 bits per heavy atom. The number of nitrogens with two attached hydrogens (primary N) is 1. The summed E-state index contributed by atoms with van der Waals surface area (Å²) in [5.74, 6) is -0.377. The average molecular weight is 258 g/mol. The van der Waals surface area contributed by atoms with Crippen molar-refractivity contribution in [3.63, 3.8) is 0 Å². The predicted molar refractivity (Wildman–Crippen MR) is 61.4 cm³/mol. The zero-order valence-corrected chi connectivity index (χ0v) is 10.4. The van der Waals surface area contributed by atoms with Crippen LogP contribution in [-0.2, 0) is 21.4 Å². The Balaban J connectivity index is 2.05. The molecule has 1 aliphatic rings. The highest BCUT2D eigenvalue weighted by atomic mass is 32.2. The smallest absolute Gasteiger partial charge is 0.258 e. The number of nitrogen functional groups attached to an aromatic ring is 1. The maximum absolute atomic E-state index is 11.8. The van der Waals surface area contributed by atoms with Gasteiger partial charge in [0.15, 0.2) is 4.75 Å². The Morgan fingerprint density at radius 1 is 1.41 bits per heavy atom. The van der Waals surface area contributed by atoms with E-state index in [1.165, 1.54) is 24.7 Å². The van der Waals surface area contributed by atoms with E-state index in [4.69, 9.17) is 5.73 Å². The van der Waals surface area contributed by atoms with Crippen LogP contribution in [0.25, 0.3) is 0 Å². The van der Waals surface area contributed by atoms with E-state index in [2.05, 4.69) is 5.10 Å². The highest BCUT2D eigenvalue weighted by molar-refractivity contribution is 7.94. The fraction of sp³-hybridized carbons (Fsp3) is 0.556. The summed E-state index contributed by atoms with van der Waals surface area (Å²) >= 11 is 0. The van der Waals surface area contributed by atoms with E-state index in [9.17, 15) is 13.2 Å². The molecule has 0 aromatic carbocycles. The molecule has 1 aliphatic heterocycles. The van der Waals surface area contributed by atoms with Gasteiger partial charge in [0.1, 0.15) is 0 Å². The molecule has 1 aromatic heterocycles. The zero-order valence-electron chi connectivity index (χ0n) is 9.62. The molecule has 0 unspecified atom stereocenters. The lowest BCUT2D eigenvalue weighted by Gasteiger charge is -2.42. The summed E-state index contributed by atoms with van der Waals surface area (Å²) < 4.78 is 24.6. The van der Waals surface area contributed by atoms with Crippen LogP contribution in [0.4, 0.5) is 5.69 Å². The first kappa shape index (κ1) is 11.9. The standard InChI is InChI=1S/C9H14N4O3S/c1-9(2)8(14)13(17(9,15)16)4-3-12-6-7(10)5-11-12/h5-6H,3-4,10H2,1-2H3. The molecule has 0 atom stereocenters. The second kappa shape index (κ2) is 3.46. The Kier molecular flexibility index (Phi) is 2.42. The van der Waals surface area contributed by atoms with Crippen LogP contribution < -0.4 is 5.73 Å². The van der Waals surface area contributed by atoms with Crippen LogP contribution in [0.3, 0.4) is 0 Å². The normalized spacial score (nSPS) is 21.3. The molecule has 2 rings (SSSR count). The molecule has 2 N–H and O–H groups in total. The Morgan fingerprint density at radius 2 is 2.06 bits per heavy atom. The molecule has 0 bridgehead atoms. The first-order chi connectivity index (χ1) is 7.76. The molecule has 1 fully saturated rings. The third-order valence-corrected chi connectivity index (χ3v) is 5.26. The molecule has 0 radical (unpaired) electrons. The van der Waals surface area contributed by atoms with Gasteiger partial charge in [-0.3, -0.25) is 9.48 Å². The van der Waals surface area contributed by atoms with Crippen LogP contribution >= 0.6 is 0 Å². The molecule has 1 aromatic rings. The van der Waals surface area contributed by atoms with Crippen molar-refractivity contribution >= 4 is 21.6 Å². The van der Waals surface area contributed by atoms with Crippen LogP contribution in [-0.4, -0.2) is 39.7 Å². The number of carbonyl (C=O) groups is 1. The summed E-state index contributed by atoms with van der Waals surface area (Å²) in [6, 6.07) is 0. The van der Waals surface area contributed by atoms with E-state index in [0.29, 0.717) is 12.2 Å². The maximum atomic E-state index is 11.8. The molecule has 94 valence electrons. The molecule has 0 saturated carbocycles. The fourth-order valence-electron chi connectivity index (χ4n) is 1.67. The molecule has 17 heavy (non-hydrogen) atoms. The quantitative estimate of drug-likeness (QED) is 0.781. The second-order valence-corrected chi connectivity index (χ2v) is 6.84. The third kappa shape index (κ3) is 1.59. The fourth-order valence-corrected chi connectivity index (χ4v) is 3.19. The second-order valence-electron chi connectivity index (χ2n) is 4.43. The van der Waals surface area contributed by atoms with Crippen molar-refractivity contribution < 1.29 is 13.2 Å². The SMILES string of the molecule is CC1(C)C(=O)N(CCn2cc(N)cn2)S1(=O)=O. The minimum Gasteiger partial charge on any atom is -0.396 e. The molecule has 0 aliphatic carbocycles. The third-order valence-electron chi connectivity index (χ3n) is 2.86. The van der Waals surface area contributed by atoms with Crippen molar-refractivity contribution in [3.8, 4) is 0 Å². The van der Waals surface area contributed by atoms with Gasteiger partial charge >= 0.3 is 0 Å². The number of hydrogen-bond donors (Lipinski definition) is 1. The lowest BCUT2D eigenvalue weighted by Crippen LogP contribution is -2.67. The van der Waals surface area contributed by atoms with Crippen molar-refractivity contribution in [2.24, 2.45) is 0 Å².